The second-order valence-corrected chi connectivity index (χ2v) is 4.64. The Balaban J connectivity index is 2.15. The number of likely N-dealkylation sites (tertiary alicyclic amines) is 1. The monoisotopic (exact) mass is 259 g/mol. The zero-order valence-corrected chi connectivity index (χ0v) is 10.6. The first kappa shape index (κ1) is 14.7. The standard InChI is InChI=1S/C11H21N3O4/c1-14-6-2-3-8(7-14)13-11(18)12-5-4-9(15)10(16)17/h8-9,15H,2-7H2,1H3,(H,16,17)(H2,12,13,18). The molecule has 0 aromatic rings. The van der Waals surface area contributed by atoms with Crippen LogP contribution in [0.5, 0.6) is 0 Å². The summed E-state index contributed by atoms with van der Waals surface area (Å²) < 4.78 is 0. The van der Waals surface area contributed by atoms with Crippen molar-refractivity contribution in [1.29, 1.82) is 0 Å². The molecule has 18 heavy (non-hydrogen) atoms. The third-order valence-corrected chi connectivity index (χ3v) is 2.95. The Morgan fingerprint density at radius 1 is 1.50 bits per heavy atom. The van der Waals surface area contributed by atoms with Crippen molar-refractivity contribution < 1.29 is 19.8 Å². The number of carbonyl (C=O) groups is 2. The van der Waals surface area contributed by atoms with Gasteiger partial charge in [0.05, 0.1) is 0 Å². The molecule has 2 unspecified atom stereocenters. The highest BCUT2D eigenvalue weighted by Gasteiger charge is 2.19. The van der Waals surface area contributed by atoms with E-state index in [1.165, 1.54) is 0 Å². The number of aliphatic hydroxyl groups excluding tert-OH is 1. The molecule has 4 N–H and O–H groups in total. The van der Waals surface area contributed by atoms with Crippen LogP contribution in [-0.2, 0) is 4.79 Å². The molecule has 1 rings (SSSR count). The van der Waals surface area contributed by atoms with Crippen molar-refractivity contribution >= 4 is 12.0 Å². The van der Waals surface area contributed by atoms with Crippen molar-refractivity contribution in [3.05, 3.63) is 0 Å². The van der Waals surface area contributed by atoms with Crippen LogP contribution in [-0.4, -0.2) is 65.9 Å². The molecule has 0 aromatic heterocycles. The fourth-order valence-corrected chi connectivity index (χ4v) is 1.97. The molecule has 1 heterocycles. The molecule has 1 saturated heterocycles. The van der Waals surface area contributed by atoms with E-state index in [2.05, 4.69) is 15.5 Å². The second kappa shape index (κ2) is 7.17. The minimum Gasteiger partial charge on any atom is -0.479 e. The second-order valence-electron chi connectivity index (χ2n) is 4.64. The van der Waals surface area contributed by atoms with Gasteiger partial charge in [-0.3, -0.25) is 0 Å². The summed E-state index contributed by atoms with van der Waals surface area (Å²) in [6, 6.07) is -0.180. The van der Waals surface area contributed by atoms with Crippen LogP contribution in [0.4, 0.5) is 4.79 Å². The lowest BCUT2D eigenvalue weighted by atomic mass is 10.1. The summed E-state index contributed by atoms with van der Waals surface area (Å²) in [4.78, 5) is 24.0. The van der Waals surface area contributed by atoms with Crippen molar-refractivity contribution in [2.45, 2.75) is 31.4 Å². The van der Waals surface area contributed by atoms with Crippen LogP contribution in [0.3, 0.4) is 0 Å². The third kappa shape index (κ3) is 5.33. The van der Waals surface area contributed by atoms with E-state index in [1.807, 2.05) is 7.05 Å². The van der Waals surface area contributed by atoms with Crippen LogP contribution >= 0.6 is 0 Å². The van der Waals surface area contributed by atoms with E-state index in [1.54, 1.807) is 0 Å². The van der Waals surface area contributed by atoms with Gasteiger partial charge in [-0.25, -0.2) is 9.59 Å². The lowest BCUT2D eigenvalue weighted by Crippen LogP contribution is -2.49. The molecule has 2 amide bonds. The van der Waals surface area contributed by atoms with Gasteiger partial charge in [0.1, 0.15) is 0 Å². The van der Waals surface area contributed by atoms with E-state index in [4.69, 9.17) is 10.2 Å². The smallest absolute Gasteiger partial charge is 0.332 e. The van der Waals surface area contributed by atoms with Gasteiger partial charge in [0.25, 0.3) is 0 Å². The number of nitrogens with zero attached hydrogens (tertiary/aromatic N) is 1. The highest BCUT2D eigenvalue weighted by atomic mass is 16.4. The quantitative estimate of drug-likeness (QED) is 0.518. The van der Waals surface area contributed by atoms with Gasteiger partial charge < -0.3 is 25.7 Å². The van der Waals surface area contributed by atoms with Crippen LogP contribution in [0.1, 0.15) is 19.3 Å². The van der Waals surface area contributed by atoms with E-state index in [0.717, 1.165) is 25.9 Å². The van der Waals surface area contributed by atoms with E-state index in [0.29, 0.717) is 0 Å². The average molecular weight is 259 g/mol. The molecule has 7 nitrogen and oxygen atoms in total. The van der Waals surface area contributed by atoms with Gasteiger partial charge in [-0.05, 0) is 26.4 Å². The Morgan fingerprint density at radius 2 is 2.22 bits per heavy atom. The molecule has 0 radical (unpaired) electrons. The average Bonchev–Trinajstić information content (AvgIpc) is 2.28. The van der Waals surface area contributed by atoms with Crippen LogP contribution in [0.25, 0.3) is 0 Å². The lowest BCUT2D eigenvalue weighted by molar-refractivity contribution is -0.146. The number of hydrogen-bond acceptors (Lipinski definition) is 4. The van der Waals surface area contributed by atoms with Crippen molar-refractivity contribution in [2.24, 2.45) is 0 Å². The van der Waals surface area contributed by atoms with Crippen LogP contribution < -0.4 is 10.6 Å². The molecular weight excluding hydrogens is 238 g/mol. The molecule has 1 aliphatic rings. The number of likely N-dealkylation sites (N-methyl/N-ethyl adjacent to an activating group) is 1. The fourth-order valence-electron chi connectivity index (χ4n) is 1.97. The molecule has 0 spiro atoms. The van der Waals surface area contributed by atoms with Crippen molar-refractivity contribution in [2.75, 3.05) is 26.7 Å². The van der Waals surface area contributed by atoms with Gasteiger partial charge in [0.15, 0.2) is 6.10 Å². The van der Waals surface area contributed by atoms with Gasteiger partial charge in [0.2, 0.25) is 0 Å². The number of amides is 2. The zero-order chi connectivity index (χ0) is 13.5. The number of piperidine rings is 1. The van der Waals surface area contributed by atoms with Gasteiger partial charge in [0, 0.05) is 25.6 Å². The minimum atomic E-state index is -1.42. The van der Waals surface area contributed by atoms with Crippen LogP contribution in [0.2, 0.25) is 0 Å². The Hall–Kier alpha value is -1.34. The highest BCUT2D eigenvalue weighted by molar-refractivity contribution is 5.74. The van der Waals surface area contributed by atoms with Gasteiger partial charge in [-0.1, -0.05) is 0 Å². The fraction of sp³-hybridized carbons (Fsp3) is 0.818. The van der Waals surface area contributed by atoms with Crippen molar-refractivity contribution in [3.63, 3.8) is 0 Å². The first-order valence-electron chi connectivity index (χ1n) is 6.13. The normalized spacial score (nSPS) is 22.2. The maximum absolute atomic E-state index is 11.5. The summed E-state index contributed by atoms with van der Waals surface area (Å²) in [7, 11) is 2.01. The number of aliphatic hydroxyl groups is 1. The molecule has 0 aromatic carbocycles. The number of carboxylic acid groups (broad SMARTS) is 1. The predicted molar refractivity (Wildman–Crippen MR) is 65.3 cm³/mol. The van der Waals surface area contributed by atoms with Gasteiger partial charge in [-0.2, -0.15) is 0 Å². The first-order chi connectivity index (χ1) is 8.49. The highest BCUT2D eigenvalue weighted by Crippen LogP contribution is 2.07. The first-order valence-corrected chi connectivity index (χ1v) is 6.13. The number of carboxylic acids is 1. The third-order valence-electron chi connectivity index (χ3n) is 2.95. The Bertz CT molecular complexity index is 298. The summed E-state index contributed by atoms with van der Waals surface area (Å²) in [5.41, 5.74) is 0. The number of rotatable bonds is 5. The molecule has 7 heteroatoms. The summed E-state index contributed by atoms with van der Waals surface area (Å²) >= 11 is 0. The summed E-state index contributed by atoms with van der Waals surface area (Å²) in [5, 5.41) is 22.8. The van der Waals surface area contributed by atoms with Crippen LogP contribution in [0, 0.1) is 0 Å². The largest absolute Gasteiger partial charge is 0.479 e. The molecule has 0 aliphatic carbocycles. The maximum Gasteiger partial charge on any atom is 0.332 e. The zero-order valence-electron chi connectivity index (χ0n) is 10.6. The number of aliphatic carboxylic acids is 1. The maximum atomic E-state index is 11.5. The Labute approximate surface area is 106 Å². The molecule has 2 atom stereocenters. The summed E-state index contributed by atoms with van der Waals surface area (Å²) in [6.45, 7) is 2.01. The number of carbonyl (C=O) groups excluding carboxylic acids is 1. The summed E-state index contributed by atoms with van der Waals surface area (Å²) in [6.07, 6.45) is 0.591. The Morgan fingerprint density at radius 3 is 2.83 bits per heavy atom. The van der Waals surface area contributed by atoms with Crippen molar-refractivity contribution in [3.8, 4) is 0 Å². The topological polar surface area (TPSA) is 102 Å². The van der Waals surface area contributed by atoms with Crippen LogP contribution in [0.15, 0.2) is 0 Å². The predicted octanol–water partition coefficient (Wildman–Crippen LogP) is -0.785. The molecular formula is C11H21N3O4. The molecule has 104 valence electrons. The van der Waals surface area contributed by atoms with E-state index < -0.39 is 12.1 Å². The SMILES string of the molecule is CN1CCCC(NC(=O)NCCC(O)C(=O)O)C1. The van der Waals surface area contributed by atoms with E-state index in [-0.39, 0.29) is 25.0 Å². The molecule has 1 fully saturated rings. The van der Waals surface area contributed by atoms with Crippen molar-refractivity contribution in [1.82, 2.24) is 15.5 Å². The lowest BCUT2D eigenvalue weighted by Gasteiger charge is -2.30. The molecule has 1 aliphatic heterocycles. The number of hydrogen-bond donors (Lipinski definition) is 4. The summed E-state index contributed by atoms with van der Waals surface area (Å²) in [5.74, 6) is -1.27. The Kier molecular flexibility index (Phi) is 5.87. The molecule has 0 saturated carbocycles. The van der Waals surface area contributed by atoms with Gasteiger partial charge >= 0.3 is 12.0 Å². The number of urea groups is 1. The van der Waals surface area contributed by atoms with E-state index >= 15 is 0 Å². The number of nitrogens with one attached hydrogen (secondary N) is 2. The van der Waals surface area contributed by atoms with Gasteiger partial charge in [-0.15, -0.1) is 0 Å². The van der Waals surface area contributed by atoms with E-state index in [9.17, 15) is 9.59 Å². The molecule has 0 bridgehead atoms. The minimum absolute atomic E-state index is 0.00726.